The molecule has 1 aromatic carbocycles. The van der Waals surface area contributed by atoms with Crippen LogP contribution in [-0.4, -0.2) is 22.3 Å². The molecule has 0 amide bonds. The maximum absolute atomic E-state index is 2.11. The quantitative estimate of drug-likeness (QED) is 0.537. The van der Waals surface area contributed by atoms with Crippen molar-refractivity contribution < 1.29 is 1.43 Å². The van der Waals surface area contributed by atoms with Crippen molar-refractivity contribution in [2.24, 2.45) is 0 Å². The second-order valence-electron chi connectivity index (χ2n) is 1.34. The second-order valence-corrected chi connectivity index (χ2v) is 2.81. The number of hydrogen-bond donors (Lipinski definition) is 0. The van der Waals surface area contributed by atoms with Crippen LogP contribution in [0.3, 0.4) is 0 Å². The first-order chi connectivity index (χ1) is 3.39. The van der Waals surface area contributed by atoms with Gasteiger partial charge in [-0.05, 0) is 0 Å². The minimum atomic E-state index is 0. The summed E-state index contributed by atoms with van der Waals surface area (Å²) in [5.41, 5.74) is 0. The molecule has 0 aliphatic carbocycles. The van der Waals surface area contributed by atoms with Crippen LogP contribution in [0.25, 0.3) is 0 Å². The third kappa shape index (κ3) is 1.51. The van der Waals surface area contributed by atoms with Crippen LogP contribution in [0.4, 0.5) is 0 Å². The molecule has 1 heteroatoms. The first kappa shape index (κ1) is 5.15. The standard InChI is InChI=1S/C6H6Te/c7-6-4-2-1-3-5-6/h1-5,7H/p+1. The van der Waals surface area contributed by atoms with Crippen molar-refractivity contribution in [1.82, 2.24) is 0 Å². The van der Waals surface area contributed by atoms with Gasteiger partial charge in [0, 0.05) is 0 Å². The van der Waals surface area contributed by atoms with E-state index in [4.69, 9.17) is 0 Å². The van der Waals surface area contributed by atoms with Gasteiger partial charge in [-0.15, -0.1) is 0 Å². The van der Waals surface area contributed by atoms with Gasteiger partial charge in [-0.25, -0.2) is 0 Å². The van der Waals surface area contributed by atoms with E-state index in [-0.39, 0.29) is 1.43 Å². The predicted octanol–water partition coefficient (Wildman–Crippen LogP) is 0.325. The molecule has 1 aromatic rings. The number of rotatable bonds is 0. The summed E-state index contributed by atoms with van der Waals surface area (Å²) >= 11 is 1.76. The average Bonchev–Trinajstić information content (AvgIpc) is 1.69. The second kappa shape index (κ2) is 2.35. The van der Waals surface area contributed by atoms with Crippen molar-refractivity contribution in [1.29, 1.82) is 0 Å². The van der Waals surface area contributed by atoms with E-state index in [1.807, 2.05) is 18.2 Å². The van der Waals surface area contributed by atoms with Crippen LogP contribution in [0, 0.1) is 0 Å². The third-order valence-corrected chi connectivity index (χ3v) is 1.61. The Labute approximate surface area is 57.9 Å². The number of hydrogen-bond acceptors (Lipinski definition) is 0. The Morgan fingerprint density at radius 1 is 1.14 bits per heavy atom. The fraction of sp³-hybridized carbons (Fsp3) is 0. The first-order valence-corrected chi connectivity index (χ1v) is 3.41. The molecular weight excluding hydrogens is 200 g/mol. The summed E-state index contributed by atoms with van der Waals surface area (Å²) in [6.07, 6.45) is 0. The molecule has 7 heavy (non-hydrogen) atoms. The van der Waals surface area contributed by atoms with Gasteiger partial charge in [0.25, 0.3) is 0 Å². The van der Waals surface area contributed by atoms with Gasteiger partial charge in [-0.1, -0.05) is 0 Å². The summed E-state index contributed by atoms with van der Waals surface area (Å²) in [7, 11) is 0. The Morgan fingerprint density at radius 3 is 2.00 bits per heavy atom. The molecule has 0 aromatic heterocycles. The predicted molar refractivity (Wildman–Crippen MR) is 34.3 cm³/mol. The van der Waals surface area contributed by atoms with E-state index in [1.54, 1.807) is 22.3 Å². The molecule has 0 saturated carbocycles. The van der Waals surface area contributed by atoms with E-state index in [9.17, 15) is 0 Å². The Bertz CT molecular complexity index is 138. The van der Waals surface area contributed by atoms with Gasteiger partial charge < -0.3 is 0 Å². The van der Waals surface area contributed by atoms with Crippen LogP contribution in [0.1, 0.15) is 1.43 Å². The topological polar surface area (TPSA) is 0 Å². The molecule has 0 saturated heterocycles. The zero-order valence-electron chi connectivity index (χ0n) is 4.83. The van der Waals surface area contributed by atoms with E-state index >= 15 is 0 Å². The van der Waals surface area contributed by atoms with Gasteiger partial charge in [0.05, 0.1) is 0 Å². The van der Waals surface area contributed by atoms with Crippen molar-refractivity contribution in [3.63, 3.8) is 0 Å². The van der Waals surface area contributed by atoms with Crippen molar-refractivity contribution in [3.8, 4) is 0 Å². The minimum absolute atomic E-state index is 0. The molecule has 0 N–H and O–H groups in total. The van der Waals surface area contributed by atoms with E-state index in [0.29, 0.717) is 0 Å². The molecule has 0 bridgehead atoms. The maximum atomic E-state index is 2.11. The zero-order chi connectivity index (χ0) is 5.11. The van der Waals surface area contributed by atoms with Crippen molar-refractivity contribution >= 4 is 25.9 Å². The van der Waals surface area contributed by atoms with E-state index < -0.39 is 0 Å². The molecule has 0 fully saturated rings. The Morgan fingerprint density at radius 2 is 1.71 bits per heavy atom. The van der Waals surface area contributed by atoms with Crippen LogP contribution in [-0.2, 0) is 0 Å². The molecule has 0 nitrogen and oxygen atoms in total. The van der Waals surface area contributed by atoms with Crippen molar-refractivity contribution in [2.75, 3.05) is 0 Å². The monoisotopic (exact) mass is 209 g/mol. The SMILES string of the molecule is [H+].[TeH]c1ccccc1. The first-order valence-electron chi connectivity index (χ1n) is 2.13. The number of benzene rings is 1. The molecule has 0 radical (unpaired) electrons. The molecule has 1 rings (SSSR count). The van der Waals surface area contributed by atoms with Crippen molar-refractivity contribution in [3.05, 3.63) is 30.3 Å². The molecule has 36 valence electrons. The van der Waals surface area contributed by atoms with Gasteiger partial charge in [-0.3, -0.25) is 0 Å². The molecule has 0 aliphatic heterocycles. The summed E-state index contributed by atoms with van der Waals surface area (Å²) in [4.78, 5) is 0. The average molecular weight is 207 g/mol. The van der Waals surface area contributed by atoms with Gasteiger partial charge >= 0.3 is 57.7 Å². The molecule has 0 spiro atoms. The van der Waals surface area contributed by atoms with Crippen LogP contribution < -0.4 is 3.61 Å². The Balaban J connectivity index is 0.000000490. The van der Waals surface area contributed by atoms with Crippen LogP contribution in [0.15, 0.2) is 30.3 Å². The van der Waals surface area contributed by atoms with Gasteiger partial charge in [-0.2, -0.15) is 0 Å². The summed E-state index contributed by atoms with van der Waals surface area (Å²) in [5.74, 6) is 0. The third-order valence-electron chi connectivity index (χ3n) is 0.756. The van der Waals surface area contributed by atoms with Gasteiger partial charge in [0.1, 0.15) is 0 Å². The molecule has 0 atom stereocenters. The molecule has 0 unspecified atom stereocenters. The van der Waals surface area contributed by atoms with Crippen LogP contribution in [0.5, 0.6) is 0 Å². The van der Waals surface area contributed by atoms with Crippen LogP contribution in [0.2, 0.25) is 0 Å². The normalized spacial score (nSPS) is 8.71. The van der Waals surface area contributed by atoms with Crippen LogP contribution >= 0.6 is 0 Å². The van der Waals surface area contributed by atoms with E-state index in [1.165, 1.54) is 3.61 Å². The molecular formula is C6H7Te+. The Hall–Kier alpha value is 0.00961. The summed E-state index contributed by atoms with van der Waals surface area (Å²) in [6.45, 7) is 0. The fourth-order valence-corrected chi connectivity index (χ4v) is 0.919. The summed E-state index contributed by atoms with van der Waals surface area (Å²) in [5, 5.41) is 0. The summed E-state index contributed by atoms with van der Waals surface area (Å²) in [6, 6.07) is 10.3. The van der Waals surface area contributed by atoms with Crippen molar-refractivity contribution in [2.45, 2.75) is 0 Å². The van der Waals surface area contributed by atoms with E-state index in [2.05, 4.69) is 12.1 Å². The van der Waals surface area contributed by atoms with Gasteiger partial charge in [0.2, 0.25) is 0 Å². The molecule has 0 aliphatic rings. The van der Waals surface area contributed by atoms with Gasteiger partial charge in [0.15, 0.2) is 0 Å². The molecule has 0 heterocycles. The zero-order valence-corrected chi connectivity index (χ0v) is 6.39. The van der Waals surface area contributed by atoms with E-state index in [0.717, 1.165) is 0 Å². The Kier molecular flexibility index (Phi) is 1.73. The fourth-order valence-electron chi connectivity index (χ4n) is 0.428. The summed E-state index contributed by atoms with van der Waals surface area (Å²) < 4.78 is 1.37.